The molecule has 1 aromatic rings. The lowest BCUT2D eigenvalue weighted by Crippen LogP contribution is -2.39. The van der Waals surface area contributed by atoms with Gasteiger partial charge in [0.05, 0.1) is 0 Å². The SMILES string of the molecule is CN(C)C(=O)N1CC[C@]2(CC(=O)N(c3ccc4c(c3)OCO4)C2)C1. The molecule has 128 valence electrons. The van der Waals surface area contributed by atoms with E-state index in [1.54, 1.807) is 19.0 Å². The quantitative estimate of drug-likeness (QED) is 0.783. The smallest absolute Gasteiger partial charge is 0.319 e. The number of urea groups is 1. The second-order valence-electron chi connectivity index (χ2n) is 7.04. The van der Waals surface area contributed by atoms with E-state index in [2.05, 4.69) is 0 Å². The van der Waals surface area contributed by atoms with Crippen molar-refractivity contribution in [1.82, 2.24) is 9.80 Å². The highest BCUT2D eigenvalue weighted by molar-refractivity contribution is 5.97. The summed E-state index contributed by atoms with van der Waals surface area (Å²) < 4.78 is 10.7. The molecule has 2 fully saturated rings. The maximum atomic E-state index is 12.6. The average Bonchev–Trinajstić information content (AvgIpc) is 3.25. The van der Waals surface area contributed by atoms with Crippen molar-refractivity contribution in [3.05, 3.63) is 18.2 Å². The van der Waals surface area contributed by atoms with E-state index in [0.717, 1.165) is 12.1 Å². The highest BCUT2D eigenvalue weighted by Crippen LogP contribution is 2.44. The Hall–Kier alpha value is -2.44. The third-order valence-corrected chi connectivity index (χ3v) is 5.08. The zero-order valence-electron chi connectivity index (χ0n) is 13.9. The Morgan fingerprint density at radius 1 is 1.21 bits per heavy atom. The summed E-state index contributed by atoms with van der Waals surface area (Å²) in [4.78, 5) is 30.0. The summed E-state index contributed by atoms with van der Waals surface area (Å²) in [5.41, 5.74) is 0.692. The standard InChI is InChI=1S/C17H21N3O4/c1-18(2)16(22)19-6-5-17(9-19)8-15(21)20(10-17)12-3-4-13-14(7-12)24-11-23-13/h3-4,7H,5-6,8-11H2,1-2H3/t17-/m0/s1. The van der Waals surface area contributed by atoms with E-state index >= 15 is 0 Å². The number of nitrogens with zero attached hydrogens (tertiary/aromatic N) is 3. The molecule has 0 radical (unpaired) electrons. The van der Waals surface area contributed by atoms with Crippen LogP contribution in [0.2, 0.25) is 0 Å². The van der Waals surface area contributed by atoms with Crippen LogP contribution in [0.5, 0.6) is 11.5 Å². The predicted octanol–water partition coefficient (Wildman–Crippen LogP) is 1.53. The first-order chi connectivity index (χ1) is 11.5. The van der Waals surface area contributed by atoms with Crippen LogP contribution in [-0.2, 0) is 4.79 Å². The van der Waals surface area contributed by atoms with Crippen molar-refractivity contribution < 1.29 is 19.1 Å². The monoisotopic (exact) mass is 331 g/mol. The van der Waals surface area contributed by atoms with Crippen LogP contribution in [0, 0.1) is 5.41 Å². The number of fused-ring (bicyclic) bond motifs is 1. The van der Waals surface area contributed by atoms with E-state index in [1.807, 2.05) is 28.0 Å². The van der Waals surface area contributed by atoms with Gasteiger partial charge in [0.1, 0.15) is 0 Å². The summed E-state index contributed by atoms with van der Waals surface area (Å²) in [7, 11) is 3.51. The fourth-order valence-electron chi connectivity index (χ4n) is 3.84. The van der Waals surface area contributed by atoms with Gasteiger partial charge in [0.2, 0.25) is 12.7 Å². The Morgan fingerprint density at radius 2 is 2.00 bits per heavy atom. The maximum Gasteiger partial charge on any atom is 0.319 e. The van der Waals surface area contributed by atoms with Crippen LogP contribution in [0.4, 0.5) is 10.5 Å². The molecule has 0 aliphatic carbocycles. The summed E-state index contributed by atoms with van der Waals surface area (Å²) in [6.45, 7) is 2.21. The number of rotatable bonds is 1. The van der Waals surface area contributed by atoms with E-state index in [9.17, 15) is 9.59 Å². The molecule has 7 heteroatoms. The molecule has 0 bridgehead atoms. The van der Waals surface area contributed by atoms with Crippen LogP contribution in [-0.4, -0.2) is 62.3 Å². The molecular weight excluding hydrogens is 310 g/mol. The summed E-state index contributed by atoms with van der Waals surface area (Å²) in [6.07, 6.45) is 1.35. The fraction of sp³-hybridized carbons (Fsp3) is 0.529. The number of hydrogen-bond donors (Lipinski definition) is 0. The molecule has 3 aliphatic heterocycles. The van der Waals surface area contributed by atoms with Crippen molar-refractivity contribution in [2.45, 2.75) is 12.8 Å². The Balaban J connectivity index is 1.52. The summed E-state index contributed by atoms with van der Waals surface area (Å²) in [5.74, 6) is 1.49. The van der Waals surface area contributed by atoms with Gasteiger partial charge in [-0.1, -0.05) is 0 Å². The van der Waals surface area contributed by atoms with Crippen LogP contribution in [0.3, 0.4) is 0 Å². The van der Waals surface area contributed by atoms with E-state index in [0.29, 0.717) is 37.6 Å². The number of hydrogen-bond acceptors (Lipinski definition) is 4. The summed E-state index contributed by atoms with van der Waals surface area (Å²) in [5, 5.41) is 0. The molecule has 1 spiro atoms. The van der Waals surface area contributed by atoms with Crippen molar-refractivity contribution in [3.63, 3.8) is 0 Å². The third-order valence-electron chi connectivity index (χ3n) is 5.08. The lowest BCUT2D eigenvalue weighted by Gasteiger charge is -2.25. The van der Waals surface area contributed by atoms with Gasteiger partial charge in [-0.05, 0) is 18.6 Å². The first-order valence-electron chi connectivity index (χ1n) is 8.14. The minimum absolute atomic E-state index is 0.0147. The molecule has 1 aromatic carbocycles. The van der Waals surface area contributed by atoms with Crippen molar-refractivity contribution in [2.24, 2.45) is 5.41 Å². The van der Waals surface area contributed by atoms with Crippen LogP contribution in [0.1, 0.15) is 12.8 Å². The second-order valence-corrected chi connectivity index (χ2v) is 7.04. The van der Waals surface area contributed by atoms with Gasteiger partial charge in [0.15, 0.2) is 11.5 Å². The molecule has 3 heterocycles. The van der Waals surface area contributed by atoms with Gasteiger partial charge < -0.3 is 24.2 Å². The van der Waals surface area contributed by atoms with Gasteiger partial charge in [0, 0.05) is 57.3 Å². The lowest BCUT2D eigenvalue weighted by atomic mass is 9.86. The molecule has 7 nitrogen and oxygen atoms in total. The van der Waals surface area contributed by atoms with Crippen molar-refractivity contribution >= 4 is 17.6 Å². The topological polar surface area (TPSA) is 62.3 Å². The molecule has 3 aliphatic rings. The molecule has 24 heavy (non-hydrogen) atoms. The van der Waals surface area contributed by atoms with Gasteiger partial charge in [-0.25, -0.2) is 4.79 Å². The number of anilines is 1. The second kappa shape index (κ2) is 5.29. The Kier molecular flexibility index (Phi) is 3.33. The van der Waals surface area contributed by atoms with Gasteiger partial charge in [-0.3, -0.25) is 4.79 Å². The largest absolute Gasteiger partial charge is 0.454 e. The first-order valence-corrected chi connectivity index (χ1v) is 8.14. The number of carbonyl (C=O) groups is 2. The molecule has 0 aromatic heterocycles. The summed E-state index contributed by atoms with van der Waals surface area (Å²) in [6, 6.07) is 5.60. The number of ether oxygens (including phenoxy) is 2. The van der Waals surface area contributed by atoms with E-state index < -0.39 is 0 Å². The summed E-state index contributed by atoms with van der Waals surface area (Å²) >= 11 is 0. The third kappa shape index (κ3) is 2.35. The zero-order chi connectivity index (χ0) is 16.9. The normalized spacial score (nSPS) is 25.0. The highest BCUT2D eigenvalue weighted by Gasteiger charge is 2.49. The first kappa shape index (κ1) is 15.1. The minimum Gasteiger partial charge on any atom is -0.454 e. The van der Waals surface area contributed by atoms with Gasteiger partial charge in [-0.15, -0.1) is 0 Å². The number of carbonyl (C=O) groups excluding carboxylic acids is 2. The molecule has 3 amide bonds. The molecule has 0 saturated carbocycles. The van der Waals surface area contributed by atoms with Gasteiger partial charge in [-0.2, -0.15) is 0 Å². The molecular formula is C17H21N3O4. The van der Waals surface area contributed by atoms with Crippen molar-refractivity contribution in [2.75, 3.05) is 45.4 Å². The Bertz CT molecular complexity index is 705. The number of amides is 3. The maximum absolute atomic E-state index is 12.6. The van der Waals surface area contributed by atoms with Crippen molar-refractivity contribution in [3.8, 4) is 11.5 Å². The van der Waals surface area contributed by atoms with Gasteiger partial charge in [0.25, 0.3) is 0 Å². The number of benzene rings is 1. The Morgan fingerprint density at radius 3 is 2.79 bits per heavy atom. The van der Waals surface area contributed by atoms with E-state index in [-0.39, 0.29) is 24.1 Å². The van der Waals surface area contributed by atoms with E-state index in [4.69, 9.17) is 9.47 Å². The number of likely N-dealkylation sites (tertiary alicyclic amines) is 1. The lowest BCUT2D eigenvalue weighted by molar-refractivity contribution is -0.117. The van der Waals surface area contributed by atoms with Crippen LogP contribution < -0.4 is 14.4 Å². The van der Waals surface area contributed by atoms with Gasteiger partial charge >= 0.3 is 6.03 Å². The molecule has 0 unspecified atom stereocenters. The average molecular weight is 331 g/mol. The molecule has 0 N–H and O–H groups in total. The fourth-order valence-corrected chi connectivity index (χ4v) is 3.84. The molecule has 4 rings (SSSR count). The Labute approximate surface area is 140 Å². The zero-order valence-corrected chi connectivity index (χ0v) is 13.9. The van der Waals surface area contributed by atoms with E-state index in [1.165, 1.54) is 0 Å². The molecule has 2 saturated heterocycles. The minimum atomic E-state index is -0.140. The predicted molar refractivity (Wildman–Crippen MR) is 87.2 cm³/mol. The molecule has 1 atom stereocenters. The van der Waals surface area contributed by atoms with Crippen LogP contribution in [0.25, 0.3) is 0 Å². The highest BCUT2D eigenvalue weighted by atomic mass is 16.7. The van der Waals surface area contributed by atoms with Crippen LogP contribution >= 0.6 is 0 Å². The van der Waals surface area contributed by atoms with Crippen LogP contribution in [0.15, 0.2) is 18.2 Å². The van der Waals surface area contributed by atoms with Crippen molar-refractivity contribution in [1.29, 1.82) is 0 Å².